The van der Waals surface area contributed by atoms with Crippen LogP contribution < -0.4 is 5.32 Å². The smallest absolute Gasteiger partial charge is 0.321 e. The highest BCUT2D eigenvalue weighted by atomic mass is 79.9. The van der Waals surface area contributed by atoms with Gasteiger partial charge in [0.25, 0.3) is 0 Å². The fraction of sp³-hybridized carbons (Fsp3) is 0.412. The predicted octanol–water partition coefficient (Wildman–Crippen LogP) is 3.40. The summed E-state index contributed by atoms with van der Waals surface area (Å²) in [7, 11) is 0. The summed E-state index contributed by atoms with van der Waals surface area (Å²) in [5, 5.41) is 2.75. The van der Waals surface area contributed by atoms with Crippen LogP contribution in [0, 0.1) is 5.92 Å². The van der Waals surface area contributed by atoms with Crippen molar-refractivity contribution in [1.29, 1.82) is 0 Å². The highest BCUT2D eigenvalue weighted by Crippen LogP contribution is 2.19. The molecule has 1 fully saturated rings. The molecule has 124 valence electrons. The summed E-state index contributed by atoms with van der Waals surface area (Å²) in [5.74, 6) is -0.435. The lowest BCUT2D eigenvalue weighted by Gasteiger charge is -2.31. The number of rotatable bonds is 4. The van der Waals surface area contributed by atoms with Gasteiger partial charge in [-0.05, 0) is 37.5 Å². The van der Waals surface area contributed by atoms with E-state index in [0.717, 1.165) is 22.9 Å². The molecule has 1 aromatic rings. The minimum atomic E-state index is -0.221. The van der Waals surface area contributed by atoms with Crippen LogP contribution in [0.15, 0.2) is 34.9 Å². The van der Waals surface area contributed by atoms with Crippen molar-refractivity contribution in [3.63, 3.8) is 0 Å². The molecule has 1 saturated heterocycles. The van der Waals surface area contributed by atoms with Crippen molar-refractivity contribution in [2.24, 2.45) is 5.92 Å². The predicted molar refractivity (Wildman–Crippen MR) is 92.6 cm³/mol. The van der Waals surface area contributed by atoms with Crippen molar-refractivity contribution in [1.82, 2.24) is 10.2 Å². The molecule has 1 atom stereocenters. The zero-order valence-corrected chi connectivity index (χ0v) is 14.7. The number of nitrogens with zero attached hydrogens (tertiary/aromatic N) is 1. The number of amides is 2. The van der Waals surface area contributed by atoms with Gasteiger partial charge in [0.1, 0.15) is 0 Å². The fourth-order valence-electron chi connectivity index (χ4n) is 2.52. The third-order valence-corrected chi connectivity index (χ3v) is 4.43. The van der Waals surface area contributed by atoms with Crippen LogP contribution in [-0.2, 0) is 9.53 Å². The van der Waals surface area contributed by atoms with Crippen LogP contribution in [0.4, 0.5) is 4.79 Å². The van der Waals surface area contributed by atoms with Gasteiger partial charge in [-0.15, -0.1) is 0 Å². The molecule has 1 N–H and O–H groups in total. The Morgan fingerprint density at radius 3 is 2.96 bits per heavy atom. The number of likely N-dealkylation sites (tertiary alicyclic amines) is 1. The maximum atomic E-state index is 12.2. The van der Waals surface area contributed by atoms with Gasteiger partial charge in [-0.25, -0.2) is 4.79 Å². The second-order valence-corrected chi connectivity index (χ2v) is 6.20. The molecule has 1 aliphatic heterocycles. The van der Waals surface area contributed by atoms with E-state index in [0.29, 0.717) is 19.7 Å². The van der Waals surface area contributed by atoms with Crippen molar-refractivity contribution in [3.05, 3.63) is 40.5 Å². The van der Waals surface area contributed by atoms with Crippen molar-refractivity contribution in [2.75, 3.05) is 19.7 Å². The van der Waals surface area contributed by atoms with Gasteiger partial charge in [-0.3, -0.25) is 4.79 Å². The number of esters is 1. The second-order valence-electron chi connectivity index (χ2n) is 5.34. The number of carbonyl (C=O) groups excluding carboxylic acids is 2. The highest BCUT2D eigenvalue weighted by Gasteiger charge is 2.28. The Balaban J connectivity index is 1.88. The largest absolute Gasteiger partial charge is 0.466 e. The molecule has 1 aliphatic rings. The van der Waals surface area contributed by atoms with Crippen LogP contribution in [0.2, 0.25) is 0 Å². The molecular weight excluding hydrogens is 360 g/mol. The molecule has 1 unspecified atom stereocenters. The lowest BCUT2D eigenvalue weighted by Crippen LogP contribution is -2.46. The van der Waals surface area contributed by atoms with Crippen LogP contribution in [0.25, 0.3) is 6.08 Å². The topological polar surface area (TPSA) is 58.6 Å². The van der Waals surface area contributed by atoms with E-state index in [2.05, 4.69) is 21.2 Å². The lowest BCUT2D eigenvalue weighted by molar-refractivity contribution is -0.149. The first-order valence-corrected chi connectivity index (χ1v) is 8.54. The Labute approximate surface area is 144 Å². The van der Waals surface area contributed by atoms with Crippen molar-refractivity contribution in [2.45, 2.75) is 19.8 Å². The highest BCUT2D eigenvalue weighted by molar-refractivity contribution is 9.10. The summed E-state index contributed by atoms with van der Waals surface area (Å²) >= 11 is 3.45. The number of nitrogens with one attached hydrogen (secondary N) is 1. The van der Waals surface area contributed by atoms with E-state index in [1.807, 2.05) is 30.3 Å². The molecule has 0 saturated carbocycles. The van der Waals surface area contributed by atoms with Gasteiger partial charge in [0.15, 0.2) is 0 Å². The fourth-order valence-corrected chi connectivity index (χ4v) is 2.94. The molecule has 1 heterocycles. The molecule has 0 spiro atoms. The standard InChI is InChI=1S/C17H21BrN2O3/c1-2-23-16(21)14-7-5-11-20(12-14)17(22)19-10-9-13-6-3-4-8-15(13)18/h3-4,6,8-10,14H,2,5,7,11-12H2,1H3,(H,19,22)/b10-9+. The number of hydrogen-bond acceptors (Lipinski definition) is 3. The number of carbonyl (C=O) groups is 2. The van der Waals surface area contributed by atoms with Gasteiger partial charge in [-0.2, -0.15) is 0 Å². The minimum Gasteiger partial charge on any atom is -0.466 e. The Morgan fingerprint density at radius 1 is 1.43 bits per heavy atom. The molecule has 0 aliphatic carbocycles. The number of hydrogen-bond donors (Lipinski definition) is 1. The second kappa shape index (κ2) is 8.72. The maximum Gasteiger partial charge on any atom is 0.321 e. The SMILES string of the molecule is CCOC(=O)C1CCCN(C(=O)N/C=C/c2ccccc2Br)C1. The summed E-state index contributed by atoms with van der Waals surface area (Å²) < 4.78 is 6.01. The Kier molecular flexibility index (Phi) is 6.65. The number of halogens is 1. The third-order valence-electron chi connectivity index (χ3n) is 3.70. The molecule has 0 aromatic heterocycles. The van der Waals surface area contributed by atoms with Crippen LogP contribution >= 0.6 is 15.9 Å². The lowest BCUT2D eigenvalue weighted by atomic mass is 9.98. The van der Waals surface area contributed by atoms with E-state index in [4.69, 9.17) is 4.74 Å². The van der Waals surface area contributed by atoms with Crippen molar-refractivity contribution >= 4 is 34.0 Å². The van der Waals surface area contributed by atoms with Crippen LogP contribution in [0.1, 0.15) is 25.3 Å². The van der Waals surface area contributed by atoms with Crippen LogP contribution in [-0.4, -0.2) is 36.6 Å². The summed E-state index contributed by atoms with van der Waals surface area (Å²) in [6.07, 6.45) is 5.03. The molecule has 2 amide bonds. The third kappa shape index (κ3) is 5.10. The van der Waals surface area contributed by atoms with Gasteiger partial charge in [0, 0.05) is 23.8 Å². The van der Waals surface area contributed by atoms with Crippen LogP contribution in [0.3, 0.4) is 0 Å². The van der Waals surface area contributed by atoms with E-state index in [9.17, 15) is 9.59 Å². The van der Waals surface area contributed by atoms with Gasteiger partial charge in [0.05, 0.1) is 12.5 Å². The van der Waals surface area contributed by atoms with E-state index in [1.165, 1.54) is 0 Å². The number of urea groups is 1. The minimum absolute atomic E-state index is 0.192. The summed E-state index contributed by atoms with van der Waals surface area (Å²) in [5.41, 5.74) is 0.982. The average molecular weight is 381 g/mol. The first-order chi connectivity index (χ1) is 11.1. The summed E-state index contributed by atoms with van der Waals surface area (Å²) in [4.78, 5) is 25.7. The average Bonchev–Trinajstić information content (AvgIpc) is 2.57. The van der Waals surface area contributed by atoms with Gasteiger partial charge in [0.2, 0.25) is 0 Å². The van der Waals surface area contributed by atoms with Gasteiger partial charge < -0.3 is 15.0 Å². The molecule has 1 aromatic carbocycles. The number of benzene rings is 1. The Morgan fingerprint density at radius 2 is 2.22 bits per heavy atom. The first kappa shape index (κ1) is 17.5. The maximum absolute atomic E-state index is 12.2. The van der Waals surface area contributed by atoms with Crippen molar-refractivity contribution < 1.29 is 14.3 Å². The quantitative estimate of drug-likeness (QED) is 0.814. The van der Waals surface area contributed by atoms with E-state index >= 15 is 0 Å². The first-order valence-electron chi connectivity index (χ1n) is 7.75. The van der Waals surface area contributed by atoms with Gasteiger partial charge >= 0.3 is 12.0 Å². The molecule has 0 bridgehead atoms. The summed E-state index contributed by atoms with van der Waals surface area (Å²) in [6.45, 7) is 3.23. The van der Waals surface area contributed by atoms with E-state index in [-0.39, 0.29) is 17.9 Å². The Bertz CT molecular complexity index is 589. The Hall–Kier alpha value is -1.82. The molecule has 6 heteroatoms. The van der Waals surface area contributed by atoms with Crippen LogP contribution in [0.5, 0.6) is 0 Å². The normalized spacial score (nSPS) is 18.0. The van der Waals surface area contributed by atoms with Gasteiger partial charge in [-0.1, -0.05) is 34.1 Å². The molecule has 2 rings (SSSR count). The summed E-state index contributed by atoms with van der Waals surface area (Å²) in [6, 6.07) is 7.56. The molecule has 0 radical (unpaired) electrons. The monoisotopic (exact) mass is 380 g/mol. The molecule has 23 heavy (non-hydrogen) atoms. The molecular formula is C17H21BrN2O3. The van der Waals surface area contributed by atoms with E-state index < -0.39 is 0 Å². The number of piperidine rings is 1. The molecule has 5 nitrogen and oxygen atoms in total. The zero-order chi connectivity index (χ0) is 16.7. The number of ether oxygens (including phenoxy) is 1. The van der Waals surface area contributed by atoms with E-state index in [1.54, 1.807) is 18.0 Å². The van der Waals surface area contributed by atoms with Crippen molar-refractivity contribution in [3.8, 4) is 0 Å². The zero-order valence-electron chi connectivity index (χ0n) is 13.1.